The van der Waals surface area contributed by atoms with Crippen molar-refractivity contribution in [2.75, 3.05) is 5.32 Å². The molecule has 27 heavy (non-hydrogen) atoms. The lowest BCUT2D eigenvalue weighted by Crippen LogP contribution is -2.06. The highest BCUT2D eigenvalue weighted by Gasteiger charge is 2.11. The summed E-state index contributed by atoms with van der Waals surface area (Å²) in [6.07, 6.45) is 0.121. The first-order chi connectivity index (χ1) is 13.0. The summed E-state index contributed by atoms with van der Waals surface area (Å²) in [5, 5.41) is 24.0. The third-order valence-corrected chi connectivity index (χ3v) is 3.89. The van der Waals surface area contributed by atoms with Crippen molar-refractivity contribution in [3.05, 3.63) is 69.8 Å². The molecule has 136 valence electrons. The fourth-order valence-corrected chi connectivity index (χ4v) is 2.66. The maximum absolute atomic E-state index is 10.9. The summed E-state index contributed by atoms with van der Waals surface area (Å²) in [5.74, 6) is 1.35. The van der Waals surface area contributed by atoms with Gasteiger partial charge in [0.05, 0.1) is 28.2 Å². The second kappa shape index (κ2) is 7.70. The minimum Gasteiger partial charge on any atom is -0.491 e. The van der Waals surface area contributed by atoms with Gasteiger partial charge in [-0.2, -0.15) is 5.26 Å². The first kappa shape index (κ1) is 18.1. The number of hydrogen-bond donors (Lipinski definition) is 1. The smallest absolute Gasteiger partial charge is 0.270 e. The van der Waals surface area contributed by atoms with Crippen molar-refractivity contribution in [1.82, 2.24) is 4.98 Å². The standard InChI is InChI=1S/C20H18N4O3/c1-13(2)27-17-6-3-14(4-7-17)12-22-20-9-15(11-21)18-10-16(24(25)26)5-8-19(18)23-20/h3-10,13H,12H2,1-2H3,(H,22,23). The van der Waals surface area contributed by atoms with Gasteiger partial charge < -0.3 is 10.1 Å². The van der Waals surface area contributed by atoms with E-state index >= 15 is 0 Å². The number of aromatic nitrogens is 1. The Morgan fingerprint density at radius 1 is 1.22 bits per heavy atom. The fourth-order valence-electron chi connectivity index (χ4n) is 2.66. The van der Waals surface area contributed by atoms with E-state index in [0.717, 1.165) is 11.3 Å². The van der Waals surface area contributed by atoms with E-state index < -0.39 is 4.92 Å². The predicted molar refractivity (Wildman–Crippen MR) is 103 cm³/mol. The molecule has 0 aliphatic carbocycles. The van der Waals surface area contributed by atoms with E-state index in [-0.39, 0.29) is 11.8 Å². The molecule has 7 nitrogen and oxygen atoms in total. The topological polar surface area (TPSA) is 101 Å². The van der Waals surface area contributed by atoms with Gasteiger partial charge in [-0.3, -0.25) is 10.1 Å². The van der Waals surface area contributed by atoms with Gasteiger partial charge in [-0.15, -0.1) is 0 Å². The highest BCUT2D eigenvalue weighted by Crippen LogP contribution is 2.25. The second-order valence-electron chi connectivity index (χ2n) is 6.29. The molecule has 0 aliphatic heterocycles. The number of nitro benzene ring substituents is 1. The largest absolute Gasteiger partial charge is 0.491 e. The Kier molecular flexibility index (Phi) is 5.18. The van der Waals surface area contributed by atoms with Gasteiger partial charge in [0.1, 0.15) is 11.6 Å². The summed E-state index contributed by atoms with van der Waals surface area (Å²) in [7, 11) is 0. The first-order valence-electron chi connectivity index (χ1n) is 8.45. The van der Waals surface area contributed by atoms with Crippen LogP contribution in [0.15, 0.2) is 48.5 Å². The molecule has 3 rings (SSSR count). The molecule has 7 heteroatoms. The Morgan fingerprint density at radius 3 is 2.59 bits per heavy atom. The molecule has 0 fully saturated rings. The number of nitriles is 1. The molecule has 3 aromatic rings. The molecular weight excluding hydrogens is 344 g/mol. The lowest BCUT2D eigenvalue weighted by Gasteiger charge is -2.11. The number of ether oxygens (including phenoxy) is 1. The highest BCUT2D eigenvalue weighted by molar-refractivity contribution is 5.88. The van der Waals surface area contributed by atoms with E-state index in [1.54, 1.807) is 12.1 Å². The van der Waals surface area contributed by atoms with Gasteiger partial charge in [-0.25, -0.2) is 4.98 Å². The number of nitro groups is 1. The van der Waals surface area contributed by atoms with Crippen molar-refractivity contribution >= 4 is 22.4 Å². The van der Waals surface area contributed by atoms with Crippen LogP contribution in [0, 0.1) is 21.4 Å². The van der Waals surface area contributed by atoms with Gasteiger partial charge in [0, 0.05) is 24.1 Å². The number of anilines is 1. The van der Waals surface area contributed by atoms with Gasteiger partial charge in [0.2, 0.25) is 0 Å². The normalized spacial score (nSPS) is 10.6. The predicted octanol–water partition coefficient (Wildman–Crippen LogP) is 4.41. The zero-order chi connectivity index (χ0) is 19.4. The van der Waals surface area contributed by atoms with E-state index in [1.807, 2.05) is 38.1 Å². The van der Waals surface area contributed by atoms with Crippen molar-refractivity contribution in [3.63, 3.8) is 0 Å². The average Bonchev–Trinajstić information content (AvgIpc) is 2.65. The highest BCUT2D eigenvalue weighted by atomic mass is 16.6. The molecule has 0 bridgehead atoms. The quantitative estimate of drug-likeness (QED) is 0.515. The molecule has 0 atom stereocenters. The molecule has 0 saturated carbocycles. The van der Waals surface area contributed by atoms with Crippen LogP contribution in [-0.2, 0) is 6.54 Å². The van der Waals surface area contributed by atoms with Crippen LogP contribution in [0.2, 0.25) is 0 Å². The van der Waals surface area contributed by atoms with Crippen LogP contribution in [0.5, 0.6) is 5.75 Å². The number of nitrogens with zero attached hydrogens (tertiary/aromatic N) is 3. The van der Waals surface area contributed by atoms with Crippen LogP contribution in [0.1, 0.15) is 25.0 Å². The van der Waals surface area contributed by atoms with Crippen molar-refractivity contribution in [2.45, 2.75) is 26.5 Å². The van der Waals surface area contributed by atoms with Gasteiger partial charge in [0.15, 0.2) is 0 Å². The molecule has 0 aliphatic rings. The zero-order valence-corrected chi connectivity index (χ0v) is 15.0. The third-order valence-electron chi connectivity index (χ3n) is 3.89. The first-order valence-corrected chi connectivity index (χ1v) is 8.45. The van der Waals surface area contributed by atoms with Gasteiger partial charge in [-0.05, 0) is 43.7 Å². The van der Waals surface area contributed by atoms with E-state index in [1.165, 1.54) is 12.1 Å². The molecule has 0 saturated heterocycles. The average molecular weight is 362 g/mol. The summed E-state index contributed by atoms with van der Waals surface area (Å²) in [4.78, 5) is 14.9. The van der Waals surface area contributed by atoms with Crippen LogP contribution in [0.3, 0.4) is 0 Å². The van der Waals surface area contributed by atoms with Gasteiger partial charge in [0.25, 0.3) is 5.69 Å². The fraction of sp³-hybridized carbons (Fsp3) is 0.200. The number of hydrogen-bond acceptors (Lipinski definition) is 6. The van der Waals surface area contributed by atoms with Crippen molar-refractivity contribution in [3.8, 4) is 11.8 Å². The number of pyridine rings is 1. The summed E-state index contributed by atoms with van der Waals surface area (Å²) < 4.78 is 5.62. The van der Waals surface area contributed by atoms with Gasteiger partial charge in [-0.1, -0.05) is 12.1 Å². The minimum absolute atomic E-state index is 0.0646. The third kappa shape index (κ3) is 4.30. The van der Waals surface area contributed by atoms with Crippen LogP contribution < -0.4 is 10.1 Å². The van der Waals surface area contributed by atoms with E-state index in [4.69, 9.17) is 4.74 Å². The van der Waals surface area contributed by atoms with Crippen molar-refractivity contribution in [2.24, 2.45) is 0 Å². The van der Waals surface area contributed by atoms with E-state index in [2.05, 4.69) is 16.4 Å². The maximum atomic E-state index is 10.9. The Morgan fingerprint density at radius 2 is 1.96 bits per heavy atom. The summed E-state index contributed by atoms with van der Waals surface area (Å²) in [6, 6.07) is 15.7. The van der Waals surface area contributed by atoms with Crippen LogP contribution >= 0.6 is 0 Å². The van der Waals surface area contributed by atoms with Gasteiger partial charge >= 0.3 is 0 Å². The SMILES string of the molecule is CC(C)Oc1ccc(CNc2cc(C#N)c3cc([N+](=O)[O-])ccc3n2)cc1. The summed E-state index contributed by atoms with van der Waals surface area (Å²) >= 11 is 0. The zero-order valence-electron chi connectivity index (χ0n) is 15.0. The van der Waals surface area contributed by atoms with E-state index in [9.17, 15) is 15.4 Å². The number of benzene rings is 2. The molecule has 0 unspecified atom stereocenters. The Balaban J connectivity index is 1.80. The number of nitrogens with one attached hydrogen (secondary N) is 1. The van der Waals surface area contributed by atoms with E-state index in [0.29, 0.717) is 28.8 Å². The molecule has 1 N–H and O–H groups in total. The summed E-state index contributed by atoms with van der Waals surface area (Å²) in [5.41, 5.74) is 1.84. The number of fused-ring (bicyclic) bond motifs is 1. The van der Waals surface area contributed by atoms with Crippen LogP contribution in [0.25, 0.3) is 10.9 Å². The van der Waals surface area contributed by atoms with Crippen LogP contribution in [-0.4, -0.2) is 16.0 Å². The molecule has 1 aromatic heterocycles. The van der Waals surface area contributed by atoms with Crippen molar-refractivity contribution < 1.29 is 9.66 Å². The molecule has 0 spiro atoms. The molecule has 1 heterocycles. The molecule has 0 amide bonds. The maximum Gasteiger partial charge on any atom is 0.270 e. The van der Waals surface area contributed by atoms with Crippen molar-refractivity contribution in [1.29, 1.82) is 5.26 Å². The Hall–Kier alpha value is -3.66. The number of rotatable bonds is 6. The lowest BCUT2D eigenvalue weighted by atomic mass is 10.1. The minimum atomic E-state index is -0.487. The Bertz CT molecular complexity index is 1020. The molecule has 0 radical (unpaired) electrons. The van der Waals surface area contributed by atoms with Crippen LogP contribution in [0.4, 0.5) is 11.5 Å². The Labute approximate surface area is 156 Å². The monoisotopic (exact) mass is 362 g/mol. The second-order valence-corrected chi connectivity index (χ2v) is 6.29. The lowest BCUT2D eigenvalue weighted by molar-refractivity contribution is -0.384. The number of non-ortho nitro benzene ring substituents is 1. The molecule has 2 aromatic carbocycles. The summed E-state index contributed by atoms with van der Waals surface area (Å²) in [6.45, 7) is 4.48. The molecular formula is C20H18N4O3.